The topological polar surface area (TPSA) is 85.6 Å². The van der Waals surface area contributed by atoms with Crippen molar-refractivity contribution in [3.63, 3.8) is 0 Å². The van der Waals surface area contributed by atoms with Crippen LogP contribution in [0.25, 0.3) is 22.2 Å². The maximum Gasteiger partial charge on any atom is 0.256 e. The van der Waals surface area contributed by atoms with E-state index in [4.69, 9.17) is 0 Å². The lowest BCUT2D eigenvalue weighted by Gasteiger charge is -2.24. The fourth-order valence-corrected chi connectivity index (χ4v) is 3.44. The zero-order valence-electron chi connectivity index (χ0n) is 14.6. The van der Waals surface area contributed by atoms with E-state index in [-0.39, 0.29) is 5.56 Å². The van der Waals surface area contributed by atoms with Crippen LogP contribution in [0.2, 0.25) is 0 Å². The minimum atomic E-state index is -0.0652. The van der Waals surface area contributed by atoms with Crippen molar-refractivity contribution in [2.75, 3.05) is 18.4 Å². The highest BCUT2D eigenvalue weighted by Crippen LogP contribution is 2.29. The Labute approximate surface area is 146 Å². The zero-order chi connectivity index (χ0) is 17.4. The molecule has 1 aliphatic rings. The number of anilines is 1. The molecular weight excluding hydrogens is 314 g/mol. The second kappa shape index (κ2) is 6.37. The van der Waals surface area contributed by atoms with Gasteiger partial charge >= 0.3 is 0 Å². The smallest absolute Gasteiger partial charge is 0.256 e. The fraction of sp³-hybridized carbons (Fsp3) is 0.368. The van der Waals surface area contributed by atoms with Gasteiger partial charge in [-0.1, -0.05) is 0 Å². The highest BCUT2D eigenvalue weighted by molar-refractivity contribution is 5.94. The summed E-state index contributed by atoms with van der Waals surface area (Å²) in [6.45, 7) is 5.97. The Morgan fingerprint density at radius 1 is 1.16 bits per heavy atom. The van der Waals surface area contributed by atoms with Crippen LogP contribution in [0.4, 0.5) is 5.82 Å². The molecule has 0 radical (unpaired) electrons. The van der Waals surface area contributed by atoms with E-state index >= 15 is 0 Å². The molecule has 0 bridgehead atoms. The van der Waals surface area contributed by atoms with Gasteiger partial charge in [0.15, 0.2) is 0 Å². The average molecular weight is 337 g/mol. The van der Waals surface area contributed by atoms with E-state index in [2.05, 4.69) is 25.6 Å². The number of hydrogen-bond acceptors (Lipinski definition) is 4. The highest BCUT2D eigenvalue weighted by atomic mass is 16.1. The van der Waals surface area contributed by atoms with Gasteiger partial charge in [0, 0.05) is 34.4 Å². The summed E-state index contributed by atoms with van der Waals surface area (Å²) >= 11 is 0. The first-order valence-electron chi connectivity index (χ1n) is 8.78. The molecule has 25 heavy (non-hydrogen) atoms. The summed E-state index contributed by atoms with van der Waals surface area (Å²) in [6, 6.07) is 6.34. The summed E-state index contributed by atoms with van der Waals surface area (Å²) in [7, 11) is 0. The Bertz CT molecular complexity index is 966. The third kappa shape index (κ3) is 3.05. The summed E-state index contributed by atoms with van der Waals surface area (Å²) in [4.78, 5) is 23.4. The Morgan fingerprint density at radius 2 is 1.96 bits per heavy atom. The molecule has 0 aromatic carbocycles. The molecule has 1 saturated heterocycles. The van der Waals surface area contributed by atoms with Crippen LogP contribution in [-0.4, -0.2) is 34.1 Å². The van der Waals surface area contributed by atoms with Crippen LogP contribution in [0.5, 0.6) is 0 Å². The van der Waals surface area contributed by atoms with Gasteiger partial charge in [0.25, 0.3) is 5.56 Å². The van der Waals surface area contributed by atoms with Crippen molar-refractivity contribution in [1.29, 1.82) is 0 Å². The lowest BCUT2D eigenvalue weighted by molar-refractivity contribution is 0.478. The standard InChI is InChI=1S/C19H23N5O/c1-11-9-16(19(25)22-12(11)2)15-10-17(23-13-3-6-20-7-4-13)24-18-14(15)5-8-21-18/h5,8-10,13,20H,3-4,6-7H2,1-2H3,(H,22,25)(H2,21,23,24). The molecule has 0 amide bonds. The second-order valence-corrected chi connectivity index (χ2v) is 6.78. The van der Waals surface area contributed by atoms with Crippen molar-refractivity contribution in [2.24, 2.45) is 0 Å². The number of pyridine rings is 2. The minimum absolute atomic E-state index is 0.0652. The Balaban J connectivity index is 1.81. The summed E-state index contributed by atoms with van der Waals surface area (Å²) in [6.07, 6.45) is 4.01. The number of hydrogen-bond donors (Lipinski definition) is 4. The molecule has 4 N–H and O–H groups in total. The van der Waals surface area contributed by atoms with Gasteiger partial charge in [0.05, 0.1) is 0 Å². The van der Waals surface area contributed by atoms with Crippen LogP contribution in [0.3, 0.4) is 0 Å². The van der Waals surface area contributed by atoms with Gasteiger partial charge in [-0.25, -0.2) is 4.98 Å². The SMILES string of the molecule is Cc1cc(-c2cc(NC3CCNCC3)nc3[nH]ccc23)c(=O)[nH]c1C. The second-order valence-electron chi connectivity index (χ2n) is 6.78. The number of piperidine rings is 1. The molecule has 1 fully saturated rings. The molecule has 0 saturated carbocycles. The van der Waals surface area contributed by atoms with Crippen molar-refractivity contribution in [3.05, 3.63) is 46.0 Å². The van der Waals surface area contributed by atoms with Crippen LogP contribution in [-0.2, 0) is 0 Å². The molecule has 0 aliphatic carbocycles. The first-order chi connectivity index (χ1) is 12.1. The lowest BCUT2D eigenvalue weighted by Crippen LogP contribution is -2.35. The number of aromatic amines is 2. The molecule has 4 rings (SSSR count). The molecule has 6 nitrogen and oxygen atoms in total. The maximum absolute atomic E-state index is 12.5. The quantitative estimate of drug-likeness (QED) is 0.592. The van der Waals surface area contributed by atoms with Crippen LogP contribution < -0.4 is 16.2 Å². The van der Waals surface area contributed by atoms with Crippen molar-refractivity contribution < 1.29 is 0 Å². The fourth-order valence-electron chi connectivity index (χ4n) is 3.44. The van der Waals surface area contributed by atoms with Crippen molar-refractivity contribution >= 4 is 16.9 Å². The molecule has 6 heteroatoms. The number of nitrogens with one attached hydrogen (secondary N) is 4. The highest BCUT2D eigenvalue weighted by Gasteiger charge is 2.16. The summed E-state index contributed by atoms with van der Waals surface area (Å²) in [5, 5.41) is 7.87. The number of aromatic nitrogens is 3. The number of H-pyrrole nitrogens is 2. The van der Waals surface area contributed by atoms with Crippen molar-refractivity contribution in [1.82, 2.24) is 20.3 Å². The molecule has 130 valence electrons. The third-order valence-corrected chi connectivity index (χ3v) is 5.01. The number of fused-ring (bicyclic) bond motifs is 1. The van der Waals surface area contributed by atoms with E-state index in [0.29, 0.717) is 11.6 Å². The molecule has 0 unspecified atom stereocenters. The molecule has 0 atom stereocenters. The van der Waals surface area contributed by atoms with Crippen molar-refractivity contribution in [3.8, 4) is 11.1 Å². The average Bonchev–Trinajstić information content (AvgIpc) is 3.07. The van der Waals surface area contributed by atoms with Crippen molar-refractivity contribution in [2.45, 2.75) is 32.7 Å². The van der Waals surface area contributed by atoms with Crippen LogP contribution in [0.1, 0.15) is 24.1 Å². The molecule has 3 aromatic heterocycles. The van der Waals surface area contributed by atoms with Gasteiger partial charge in [-0.15, -0.1) is 0 Å². The van der Waals surface area contributed by atoms with E-state index in [1.165, 1.54) is 0 Å². The van der Waals surface area contributed by atoms with Gasteiger partial charge in [-0.2, -0.15) is 0 Å². The first-order valence-corrected chi connectivity index (χ1v) is 8.78. The third-order valence-electron chi connectivity index (χ3n) is 5.01. The summed E-state index contributed by atoms with van der Waals surface area (Å²) in [5.74, 6) is 0.814. The lowest BCUT2D eigenvalue weighted by atomic mass is 10.0. The van der Waals surface area contributed by atoms with E-state index in [1.807, 2.05) is 38.2 Å². The van der Waals surface area contributed by atoms with Crippen LogP contribution in [0, 0.1) is 13.8 Å². The van der Waals surface area contributed by atoms with E-state index in [9.17, 15) is 4.79 Å². The van der Waals surface area contributed by atoms with E-state index in [0.717, 1.165) is 59.6 Å². The van der Waals surface area contributed by atoms with Crippen LogP contribution in [0.15, 0.2) is 29.2 Å². The molecule has 3 aromatic rings. The summed E-state index contributed by atoms with van der Waals surface area (Å²) in [5.41, 5.74) is 4.30. The van der Waals surface area contributed by atoms with Gasteiger partial charge in [-0.05, 0) is 63.5 Å². The normalized spacial score (nSPS) is 15.6. The molecule has 0 spiro atoms. The number of rotatable bonds is 3. The Morgan fingerprint density at radius 3 is 2.76 bits per heavy atom. The Hall–Kier alpha value is -2.60. The predicted octanol–water partition coefficient (Wildman–Crippen LogP) is 2.70. The van der Waals surface area contributed by atoms with Crippen LogP contribution >= 0.6 is 0 Å². The predicted molar refractivity (Wildman–Crippen MR) is 101 cm³/mol. The Kier molecular flexibility index (Phi) is 4.05. The molecule has 1 aliphatic heterocycles. The number of nitrogens with zero attached hydrogens (tertiary/aromatic N) is 1. The monoisotopic (exact) mass is 337 g/mol. The van der Waals surface area contributed by atoms with Gasteiger partial charge in [0.1, 0.15) is 11.5 Å². The largest absolute Gasteiger partial charge is 0.367 e. The maximum atomic E-state index is 12.5. The first kappa shape index (κ1) is 15.9. The molecular formula is C19H23N5O. The van der Waals surface area contributed by atoms with E-state index < -0.39 is 0 Å². The zero-order valence-corrected chi connectivity index (χ0v) is 14.6. The van der Waals surface area contributed by atoms with E-state index in [1.54, 1.807) is 0 Å². The summed E-state index contributed by atoms with van der Waals surface area (Å²) < 4.78 is 0. The minimum Gasteiger partial charge on any atom is -0.367 e. The van der Waals surface area contributed by atoms with Gasteiger partial charge in [-0.3, -0.25) is 4.79 Å². The number of aryl methyl sites for hydroxylation is 2. The van der Waals surface area contributed by atoms with Gasteiger partial charge < -0.3 is 20.6 Å². The molecule has 4 heterocycles. The van der Waals surface area contributed by atoms with Gasteiger partial charge in [0.2, 0.25) is 0 Å².